The van der Waals surface area contributed by atoms with Crippen LogP contribution in [0.15, 0.2) is 16.6 Å². The zero-order chi connectivity index (χ0) is 15.2. The summed E-state index contributed by atoms with van der Waals surface area (Å²) >= 11 is 0. The Kier molecular flexibility index (Phi) is 15.3. The molecule has 0 unspecified atom stereocenters. The standard InChI is InChI=1S/C16H31N3O2.HI/c1-17-16(18-10-6-12-21-14-13-20-2)19-11-9-15-7-4-3-5-8-15;/h7H,3-6,8-14H2,1-2H3,(H2,17,18,19);1H. The van der Waals surface area contributed by atoms with Crippen molar-refractivity contribution in [2.24, 2.45) is 4.99 Å². The van der Waals surface area contributed by atoms with Crippen molar-refractivity contribution in [2.45, 2.75) is 38.5 Å². The van der Waals surface area contributed by atoms with Gasteiger partial charge in [-0.1, -0.05) is 11.6 Å². The predicted octanol–water partition coefficient (Wildman–Crippen LogP) is 2.71. The molecule has 0 radical (unpaired) electrons. The molecule has 1 aliphatic rings. The van der Waals surface area contributed by atoms with E-state index in [1.54, 1.807) is 12.7 Å². The fraction of sp³-hybridized carbons (Fsp3) is 0.812. The summed E-state index contributed by atoms with van der Waals surface area (Å²) in [5.74, 6) is 0.878. The van der Waals surface area contributed by atoms with E-state index in [-0.39, 0.29) is 24.0 Å². The van der Waals surface area contributed by atoms with Gasteiger partial charge in [0.05, 0.1) is 13.2 Å². The van der Waals surface area contributed by atoms with Crippen LogP contribution in [0.4, 0.5) is 0 Å². The van der Waals surface area contributed by atoms with Crippen LogP contribution in [-0.4, -0.2) is 53.0 Å². The van der Waals surface area contributed by atoms with Crippen molar-refractivity contribution in [2.75, 3.05) is 47.1 Å². The van der Waals surface area contributed by atoms with Gasteiger partial charge in [-0.2, -0.15) is 0 Å². The average Bonchev–Trinajstić information content (AvgIpc) is 2.53. The van der Waals surface area contributed by atoms with Crippen LogP contribution in [-0.2, 0) is 9.47 Å². The van der Waals surface area contributed by atoms with Gasteiger partial charge in [0.2, 0.25) is 0 Å². The fourth-order valence-corrected chi connectivity index (χ4v) is 2.32. The van der Waals surface area contributed by atoms with E-state index in [1.807, 2.05) is 7.05 Å². The Hall–Kier alpha value is -0.340. The number of ether oxygens (including phenoxy) is 2. The van der Waals surface area contributed by atoms with Gasteiger partial charge in [-0.3, -0.25) is 4.99 Å². The number of hydrogen-bond donors (Lipinski definition) is 2. The highest BCUT2D eigenvalue weighted by molar-refractivity contribution is 14.0. The quantitative estimate of drug-likeness (QED) is 0.186. The van der Waals surface area contributed by atoms with Crippen molar-refractivity contribution in [3.8, 4) is 0 Å². The molecule has 0 aromatic carbocycles. The van der Waals surface area contributed by atoms with Gasteiger partial charge in [0, 0.05) is 33.9 Å². The summed E-state index contributed by atoms with van der Waals surface area (Å²) in [6.45, 7) is 3.90. The SMILES string of the molecule is CN=C(NCCCOCCOC)NCCC1=CCCCC1.I. The van der Waals surface area contributed by atoms with Gasteiger partial charge < -0.3 is 20.1 Å². The molecular weight excluding hydrogens is 393 g/mol. The molecule has 0 atom stereocenters. The minimum absolute atomic E-state index is 0. The summed E-state index contributed by atoms with van der Waals surface area (Å²) in [5.41, 5.74) is 1.59. The summed E-state index contributed by atoms with van der Waals surface area (Å²) in [7, 11) is 3.49. The number of rotatable bonds is 10. The number of halogens is 1. The third kappa shape index (κ3) is 11.3. The molecule has 1 aliphatic carbocycles. The Morgan fingerprint density at radius 3 is 2.68 bits per heavy atom. The van der Waals surface area contributed by atoms with Crippen molar-refractivity contribution >= 4 is 29.9 Å². The lowest BCUT2D eigenvalue weighted by Crippen LogP contribution is -2.38. The van der Waals surface area contributed by atoms with Gasteiger partial charge in [0.1, 0.15) is 0 Å². The molecule has 0 aromatic heterocycles. The van der Waals surface area contributed by atoms with E-state index in [4.69, 9.17) is 9.47 Å². The summed E-state index contributed by atoms with van der Waals surface area (Å²) < 4.78 is 10.3. The van der Waals surface area contributed by atoms with Crippen molar-refractivity contribution in [3.05, 3.63) is 11.6 Å². The van der Waals surface area contributed by atoms with Gasteiger partial charge in [0.25, 0.3) is 0 Å². The second-order valence-electron chi connectivity index (χ2n) is 5.24. The topological polar surface area (TPSA) is 54.9 Å². The lowest BCUT2D eigenvalue weighted by Gasteiger charge is -2.15. The van der Waals surface area contributed by atoms with Gasteiger partial charge >= 0.3 is 0 Å². The van der Waals surface area contributed by atoms with Crippen LogP contribution in [0, 0.1) is 0 Å². The predicted molar refractivity (Wildman–Crippen MR) is 103 cm³/mol. The Morgan fingerprint density at radius 1 is 1.18 bits per heavy atom. The maximum absolute atomic E-state index is 5.42. The number of allylic oxidation sites excluding steroid dienone is 1. The summed E-state index contributed by atoms with van der Waals surface area (Å²) in [4.78, 5) is 4.23. The number of nitrogens with one attached hydrogen (secondary N) is 2. The first-order valence-electron chi connectivity index (χ1n) is 8.06. The van der Waals surface area contributed by atoms with Gasteiger partial charge in [0.15, 0.2) is 5.96 Å². The van der Waals surface area contributed by atoms with Crippen LogP contribution in [0.5, 0.6) is 0 Å². The lowest BCUT2D eigenvalue weighted by atomic mass is 9.97. The zero-order valence-corrected chi connectivity index (χ0v) is 16.4. The van der Waals surface area contributed by atoms with Crippen molar-refractivity contribution < 1.29 is 9.47 Å². The maximum Gasteiger partial charge on any atom is 0.190 e. The fourth-order valence-electron chi connectivity index (χ4n) is 2.32. The molecule has 5 nitrogen and oxygen atoms in total. The first-order valence-corrected chi connectivity index (χ1v) is 8.06. The Balaban J connectivity index is 0.00000441. The molecule has 0 saturated carbocycles. The minimum Gasteiger partial charge on any atom is -0.382 e. The van der Waals surface area contributed by atoms with E-state index in [2.05, 4.69) is 21.7 Å². The summed E-state index contributed by atoms with van der Waals surface area (Å²) in [6, 6.07) is 0. The molecule has 6 heteroatoms. The lowest BCUT2D eigenvalue weighted by molar-refractivity contribution is 0.0698. The van der Waals surface area contributed by atoms with E-state index < -0.39 is 0 Å². The second-order valence-corrected chi connectivity index (χ2v) is 5.24. The van der Waals surface area contributed by atoms with Crippen LogP contribution >= 0.6 is 24.0 Å². The third-order valence-electron chi connectivity index (χ3n) is 3.54. The molecule has 0 fully saturated rings. The number of hydrogen-bond acceptors (Lipinski definition) is 3. The molecule has 1 rings (SSSR count). The van der Waals surface area contributed by atoms with Gasteiger partial charge in [-0.05, 0) is 38.5 Å². The highest BCUT2D eigenvalue weighted by Crippen LogP contribution is 2.19. The smallest absolute Gasteiger partial charge is 0.190 e. The molecule has 0 aromatic rings. The first kappa shape index (κ1) is 21.7. The number of methoxy groups -OCH3 is 1. The molecule has 0 amide bonds. The van der Waals surface area contributed by atoms with E-state index in [0.717, 1.165) is 38.5 Å². The monoisotopic (exact) mass is 425 g/mol. The Bertz CT molecular complexity index is 323. The van der Waals surface area contributed by atoms with Crippen LogP contribution < -0.4 is 10.6 Å². The van der Waals surface area contributed by atoms with E-state index in [0.29, 0.717) is 13.2 Å². The van der Waals surface area contributed by atoms with Crippen molar-refractivity contribution in [1.82, 2.24) is 10.6 Å². The largest absolute Gasteiger partial charge is 0.382 e. The molecule has 0 heterocycles. The normalized spacial score (nSPS) is 15.0. The van der Waals surface area contributed by atoms with Crippen LogP contribution in [0.2, 0.25) is 0 Å². The summed E-state index contributed by atoms with van der Waals surface area (Å²) in [5, 5.41) is 6.67. The van der Waals surface area contributed by atoms with Crippen LogP contribution in [0.25, 0.3) is 0 Å². The molecule has 0 spiro atoms. The second kappa shape index (κ2) is 15.6. The van der Waals surface area contributed by atoms with Crippen molar-refractivity contribution in [3.63, 3.8) is 0 Å². The molecule has 0 saturated heterocycles. The molecule has 0 aliphatic heterocycles. The highest BCUT2D eigenvalue weighted by atomic mass is 127. The molecule has 2 N–H and O–H groups in total. The van der Waals surface area contributed by atoms with Gasteiger partial charge in [-0.15, -0.1) is 24.0 Å². The minimum atomic E-state index is 0. The first-order chi connectivity index (χ1) is 10.4. The number of aliphatic imine (C=N–C) groups is 1. The Morgan fingerprint density at radius 2 is 2.00 bits per heavy atom. The average molecular weight is 425 g/mol. The number of nitrogens with zero attached hydrogens (tertiary/aromatic N) is 1. The van der Waals surface area contributed by atoms with Crippen molar-refractivity contribution in [1.29, 1.82) is 0 Å². The highest BCUT2D eigenvalue weighted by Gasteiger charge is 2.03. The number of guanidine groups is 1. The third-order valence-corrected chi connectivity index (χ3v) is 3.54. The zero-order valence-electron chi connectivity index (χ0n) is 14.0. The molecule has 22 heavy (non-hydrogen) atoms. The molecular formula is C16H32IN3O2. The molecule has 0 bridgehead atoms. The maximum atomic E-state index is 5.42. The van der Waals surface area contributed by atoms with Gasteiger partial charge in [-0.25, -0.2) is 0 Å². The van der Waals surface area contributed by atoms with E-state index >= 15 is 0 Å². The summed E-state index contributed by atoms with van der Waals surface area (Å²) in [6.07, 6.45) is 9.72. The van der Waals surface area contributed by atoms with Crippen LogP contribution in [0.1, 0.15) is 38.5 Å². The van der Waals surface area contributed by atoms with Crippen LogP contribution in [0.3, 0.4) is 0 Å². The van der Waals surface area contributed by atoms with E-state index in [9.17, 15) is 0 Å². The molecule has 130 valence electrons. The van der Waals surface area contributed by atoms with E-state index in [1.165, 1.54) is 25.7 Å². The Labute approximate surface area is 152 Å².